The second kappa shape index (κ2) is 6.93. The third-order valence-electron chi connectivity index (χ3n) is 2.60. The van der Waals surface area contributed by atoms with Gasteiger partial charge in [0.05, 0.1) is 7.11 Å². The number of aromatic nitrogens is 2. The highest BCUT2D eigenvalue weighted by atomic mass is 16.5. The zero-order chi connectivity index (χ0) is 13.5. The largest absolute Gasteiger partial charge is 0.468 e. The van der Waals surface area contributed by atoms with E-state index in [1.165, 1.54) is 7.11 Å². The SMILES string of the molecule is CCCN(CC(=O)OC)c1cc(CC)nc(C)n1. The summed E-state index contributed by atoms with van der Waals surface area (Å²) in [5.74, 6) is 1.28. The molecule has 18 heavy (non-hydrogen) atoms. The number of hydrogen-bond donors (Lipinski definition) is 0. The highest BCUT2D eigenvalue weighted by Crippen LogP contribution is 2.13. The lowest BCUT2D eigenvalue weighted by Gasteiger charge is -2.22. The summed E-state index contributed by atoms with van der Waals surface area (Å²) in [6.45, 7) is 6.98. The van der Waals surface area contributed by atoms with Crippen LogP contribution in [0.2, 0.25) is 0 Å². The zero-order valence-corrected chi connectivity index (χ0v) is 11.6. The van der Waals surface area contributed by atoms with E-state index in [1.807, 2.05) is 17.9 Å². The summed E-state index contributed by atoms with van der Waals surface area (Å²) in [5, 5.41) is 0. The first kappa shape index (κ1) is 14.4. The minimum absolute atomic E-state index is 0.226. The van der Waals surface area contributed by atoms with Crippen LogP contribution in [0.25, 0.3) is 0 Å². The molecule has 5 heteroatoms. The van der Waals surface area contributed by atoms with Crippen LogP contribution in [0.1, 0.15) is 31.8 Å². The van der Waals surface area contributed by atoms with Gasteiger partial charge in [0.2, 0.25) is 0 Å². The quantitative estimate of drug-likeness (QED) is 0.721. The van der Waals surface area contributed by atoms with Crippen LogP contribution in [0.3, 0.4) is 0 Å². The Morgan fingerprint density at radius 2 is 2.11 bits per heavy atom. The third kappa shape index (κ3) is 3.98. The van der Waals surface area contributed by atoms with Crippen LogP contribution in [-0.2, 0) is 16.0 Å². The summed E-state index contributed by atoms with van der Waals surface area (Å²) in [4.78, 5) is 22.1. The Morgan fingerprint density at radius 3 is 2.67 bits per heavy atom. The van der Waals surface area contributed by atoms with Gasteiger partial charge in [0.15, 0.2) is 0 Å². The smallest absolute Gasteiger partial charge is 0.325 e. The molecular weight excluding hydrogens is 230 g/mol. The molecular formula is C13H21N3O2. The van der Waals surface area contributed by atoms with Gasteiger partial charge in [-0.15, -0.1) is 0 Å². The van der Waals surface area contributed by atoms with E-state index < -0.39 is 0 Å². The van der Waals surface area contributed by atoms with Gasteiger partial charge in [-0.1, -0.05) is 13.8 Å². The number of esters is 1. The number of aryl methyl sites for hydroxylation is 2. The summed E-state index contributed by atoms with van der Waals surface area (Å²) >= 11 is 0. The van der Waals surface area contributed by atoms with E-state index in [0.29, 0.717) is 0 Å². The molecule has 0 unspecified atom stereocenters. The lowest BCUT2D eigenvalue weighted by atomic mass is 10.3. The van der Waals surface area contributed by atoms with Crippen molar-refractivity contribution in [1.29, 1.82) is 0 Å². The number of ether oxygens (including phenoxy) is 1. The Hall–Kier alpha value is -1.65. The maximum absolute atomic E-state index is 11.4. The first-order valence-electron chi connectivity index (χ1n) is 6.27. The Bertz CT molecular complexity index is 407. The standard InChI is InChI=1S/C13H21N3O2/c1-5-7-16(9-13(17)18-4)12-8-11(6-2)14-10(3)15-12/h8H,5-7,9H2,1-4H3. The zero-order valence-electron chi connectivity index (χ0n) is 11.6. The van der Waals surface area contributed by atoms with Crippen molar-refractivity contribution in [2.75, 3.05) is 25.1 Å². The van der Waals surface area contributed by atoms with Crippen LogP contribution >= 0.6 is 0 Å². The third-order valence-corrected chi connectivity index (χ3v) is 2.60. The van der Waals surface area contributed by atoms with Gasteiger partial charge in [0.1, 0.15) is 18.2 Å². The Morgan fingerprint density at radius 1 is 1.39 bits per heavy atom. The number of anilines is 1. The molecule has 1 rings (SSSR count). The molecule has 1 aromatic heterocycles. The maximum Gasteiger partial charge on any atom is 0.325 e. The molecule has 1 heterocycles. The summed E-state index contributed by atoms with van der Waals surface area (Å²) < 4.78 is 4.71. The number of rotatable bonds is 6. The Balaban J connectivity index is 2.96. The molecule has 0 saturated heterocycles. The van der Waals surface area contributed by atoms with Gasteiger partial charge < -0.3 is 9.64 Å². The number of hydrogen-bond acceptors (Lipinski definition) is 5. The average Bonchev–Trinajstić information content (AvgIpc) is 2.37. The van der Waals surface area contributed by atoms with Crippen LogP contribution in [0, 0.1) is 6.92 Å². The Labute approximate surface area is 108 Å². The topological polar surface area (TPSA) is 55.3 Å². The van der Waals surface area contributed by atoms with Gasteiger partial charge in [-0.3, -0.25) is 4.79 Å². The van der Waals surface area contributed by atoms with E-state index in [0.717, 1.165) is 36.7 Å². The molecule has 0 spiro atoms. The summed E-state index contributed by atoms with van der Waals surface area (Å²) in [7, 11) is 1.40. The van der Waals surface area contributed by atoms with Crippen LogP contribution < -0.4 is 4.90 Å². The highest BCUT2D eigenvalue weighted by Gasteiger charge is 2.13. The average molecular weight is 251 g/mol. The van der Waals surface area contributed by atoms with E-state index in [2.05, 4.69) is 23.8 Å². The fourth-order valence-electron chi connectivity index (χ4n) is 1.72. The molecule has 0 N–H and O–H groups in total. The lowest BCUT2D eigenvalue weighted by Crippen LogP contribution is -2.32. The summed E-state index contributed by atoms with van der Waals surface area (Å²) in [5.41, 5.74) is 0.989. The van der Waals surface area contributed by atoms with Gasteiger partial charge in [-0.05, 0) is 19.8 Å². The summed E-state index contributed by atoms with van der Waals surface area (Å²) in [6, 6.07) is 1.94. The molecule has 0 saturated carbocycles. The number of nitrogens with zero attached hydrogens (tertiary/aromatic N) is 3. The van der Waals surface area contributed by atoms with Crippen LogP contribution in [0.4, 0.5) is 5.82 Å². The molecule has 1 aromatic rings. The molecule has 0 fully saturated rings. The first-order chi connectivity index (χ1) is 8.60. The van der Waals surface area contributed by atoms with E-state index in [4.69, 9.17) is 4.74 Å². The molecule has 0 aliphatic rings. The van der Waals surface area contributed by atoms with Crippen molar-refractivity contribution >= 4 is 11.8 Å². The van der Waals surface area contributed by atoms with Gasteiger partial charge in [0, 0.05) is 18.3 Å². The molecule has 0 bridgehead atoms. The van der Waals surface area contributed by atoms with Crippen molar-refractivity contribution < 1.29 is 9.53 Å². The van der Waals surface area contributed by atoms with Crippen LogP contribution in [-0.4, -0.2) is 36.1 Å². The number of carbonyl (C=O) groups is 1. The van der Waals surface area contributed by atoms with Crippen molar-refractivity contribution in [1.82, 2.24) is 9.97 Å². The molecule has 0 radical (unpaired) electrons. The van der Waals surface area contributed by atoms with E-state index in [-0.39, 0.29) is 12.5 Å². The molecule has 0 amide bonds. The van der Waals surface area contributed by atoms with E-state index in [1.54, 1.807) is 0 Å². The van der Waals surface area contributed by atoms with Gasteiger partial charge >= 0.3 is 5.97 Å². The molecule has 0 aliphatic heterocycles. The predicted molar refractivity (Wildman–Crippen MR) is 70.7 cm³/mol. The van der Waals surface area contributed by atoms with Gasteiger partial charge in [-0.25, -0.2) is 9.97 Å². The Kier molecular flexibility index (Phi) is 5.55. The maximum atomic E-state index is 11.4. The monoisotopic (exact) mass is 251 g/mol. The van der Waals surface area contributed by atoms with Gasteiger partial charge in [-0.2, -0.15) is 0 Å². The fraction of sp³-hybridized carbons (Fsp3) is 0.615. The van der Waals surface area contributed by atoms with Crippen molar-refractivity contribution in [3.8, 4) is 0 Å². The van der Waals surface area contributed by atoms with E-state index >= 15 is 0 Å². The van der Waals surface area contributed by atoms with E-state index in [9.17, 15) is 4.79 Å². The second-order valence-corrected chi connectivity index (χ2v) is 4.12. The molecule has 5 nitrogen and oxygen atoms in total. The molecule has 100 valence electrons. The molecule has 0 aromatic carbocycles. The highest BCUT2D eigenvalue weighted by molar-refractivity contribution is 5.75. The number of carbonyl (C=O) groups excluding carboxylic acids is 1. The molecule has 0 aliphatic carbocycles. The summed E-state index contributed by atoms with van der Waals surface area (Å²) in [6.07, 6.45) is 1.80. The van der Waals surface area contributed by atoms with Crippen molar-refractivity contribution in [2.45, 2.75) is 33.6 Å². The van der Waals surface area contributed by atoms with Crippen LogP contribution in [0.15, 0.2) is 6.07 Å². The van der Waals surface area contributed by atoms with Crippen molar-refractivity contribution in [3.05, 3.63) is 17.6 Å². The number of methoxy groups -OCH3 is 1. The van der Waals surface area contributed by atoms with Crippen LogP contribution in [0.5, 0.6) is 0 Å². The minimum atomic E-state index is -0.252. The van der Waals surface area contributed by atoms with Crippen molar-refractivity contribution in [2.24, 2.45) is 0 Å². The molecule has 0 atom stereocenters. The minimum Gasteiger partial charge on any atom is -0.468 e. The first-order valence-corrected chi connectivity index (χ1v) is 6.27. The predicted octanol–water partition coefficient (Wildman–Crippen LogP) is 1.74. The fourth-order valence-corrected chi connectivity index (χ4v) is 1.72. The second-order valence-electron chi connectivity index (χ2n) is 4.12. The van der Waals surface area contributed by atoms with Crippen molar-refractivity contribution in [3.63, 3.8) is 0 Å². The van der Waals surface area contributed by atoms with Gasteiger partial charge in [0.25, 0.3) is 0 Å². The normalized spacial score (nSPS) is 10.2. The lowest BCUT2D eigenvalue weighted by molar-refractivity contribution is -0.138.